The highest BCUT2D eigenvalue weighted by molar-refractivity contribution is 5.84. The molecule has 0 aromatic carbocycles. The summed E-state index contributed by atoms with van der Waals surface area (Å²) in [7, 11) is 5.21. The van der Waals surface area contributed by atoms with Gasteiger partial charge in [-0.2, -0.15) is 15.0 Å². The Labute approximate surface area is 122 Å². The van der Waals surface area contributed by atoms with Crippen molar-refractivity contribution in [1.29, 1.82) is 0 Å². The highest BCUT2D eigenvalue weighted by Crippen LogP contribution is 2.19. The number of carbonyl (C=O) groups is 1. The Bertz CT molecular complexity index is 509. The van der Waals surface area contributed by atoms with Crippen LogP contribution in [0.25, 0.3) is 0 Å². The summed E-state index contributed by atoms with van der Waals surface area (Å²) in [4.78, 5) is 28.2. The van der Waals surface area contributed by atoms with E-state index in [9.17, 15) is 4.79 Å². The fourth-order valence-electron chi connectivity index (χ4n) is 1.97. The number of hydrogen-bond acceptors (Lipinski definition) is 9. The average molecular weight is 296 g/mol. The minimum absolute atomic E-state index is 0.149. The molecule has 10 nitrogen and oxygen atoms in total. The standard InChI is InChI=1S/C11H20N8O2/c1-13-8(20)7-6-21-5-4-19(7)11-15-9(17-12)14-10(16-11)18(2)3/h7H,4-6,12H2,1-3H3,(H,13,20)(H,14,15,16,17). The number of ether oxygens (including phenoxy) is 1. The smallest absolute Gasteiger partial charge is 0.244 e. The number of anilines is 3. The number of hydrogen-bond donors (Lipinski definition) is 3. The molecule has 1 aliphatic heterocycles. The van der Waals surface area contributed by atoms with Gasteiger partial charge in [-0.05, 0) is 0 Å². The number of likely N-dealkylation sites (N-methyl/N-ethyl adjacent to an activating group) is 1. The molecular weight excluding hydrogens is 276 g/mol. The highest BCUT2D eigenvalue weighted by atomic mass is 16.5. The number of amides is 1. The molecule has 0 aliphatic carbocycles. The molecule has 1 aliphatic rings. The molecule has 10 heteroatoms. The first-order chi connectivity index (χ1) is 10.1. The zero-order chi connectivity index (χ0) is 15.4. The van der Waals surface area contributed by atoms with Crippen molar-refractivity contribution in [3.8, 4) is 0 Å². The van der Waals surface area contributed by atoms with E-state index >= 15 is 0 Å². The molecule has 2 heterocycles. The van der Waals surface area contributed by atoms with Crippen LogP contribution in [0.3, 0.4) is 0 Å². The lowest BCUT2D eigenvalue weighted by atomic mass is 10.2. The van der Waals surface area contributed by atoms with E-state index in [1.54, 1.807) is 16.8 Å². The second-order valence-electron chi connectivity index (χ2n) is 4.70. The third-order valence-electron chi connectivity index (χ3n) is 3.08. The Kier molecular flexibility index (Phi) is 4.70. The van der Waals surface area contributed by atoms with Gasteiger partial charge in [-0.15, -0.1) is 0 Å². The Hall–Kier alpha value is -2.20. The number of nitrogens with zero attached hydrogens (tertiary/aromatic N) is 5. The summed E-state index contributed by atoms with van der Waals surface area (Å²) >= 11 is 0. The molecule has 1 unspecified atom stereocenters. The van der Waals surface area contributed by atoms with Gasteiger partial charge in [0.15, 0.2) is 0 Å². The molecule has 0 spiro atoms. The van der Waals surface area contributed by atoms with Crippen LogP contribution in [-0.4, -0.2) is 67.8 Å². The molecule has 1 atom stereocenters. The average Bonchev–Trinajstić information content (AvgIpc) is 2.53. The van der Waals surface area contributed by atoms with Gasteiger partial charge in [-0.3, -0.25) is 10.2 Å². The Morgan fingerprint density at radius 2 is 2.19 bits per heavy atom. The SMILES string of the molecule is CNC(=O)C1COCCN1c1nc(NN)nc(N(C)C)n1. The van der Waals surface area contributed by atoms with E-state index in [2.05, 4.69) is 25.7 Å². The van der Waals surface area contributed by atoms with E-state index in [0.717, 1.165) is 0 Å². The highest BCUT2D eigenvalue weighted by Gasteiger charge is 2.31. The van der Waals surface area contributed by atoms with Crippen LogP contribution in [0.4, 0.5) is 17.8 Å². The van der Waals surface area contributed by atoms with Gasteiger partial charge < -0.3 is 19.9 Å². The van der Waals surface area contributed by atoms with Crippen LogP contribution in [0, 0.1) is 0 Å². The minimum atomic E-state index is -0.480. The number of morpholine rings is 1. The van der Waals surface area contributed by atoms with Crippen LogP contribution in [-0.2, 0) is 9.53 Å². The molecule has 116 valence electrons. The number of aromatic nitrogens is 3. The zero-order valence-electron chi connectivity index (χ0n) is 12.3. The fraction of sp³-hybridized carbons (Fsp3) is 0.636. The topological polar surface area (TPSA) is 122 Å². The van der Waals surface area contributed by atoms with Crippen molar-refractivity contribution in [3.05, 3.63) is 0 Å². The molecule has 4 N–H and O–H groups in total. The molecule has 21 heavy (non-hydrogen) atoms. The largest absolute Gasteiger partial charge is 0.377 e. The van der Waals surface area contributed by atoms with Crippen molar-refractivity contribution in [2.45, 2.75) is 6.04 Å². The van der Waals surface area contributed by atoms with Gasteiger partial charge in [0.05, 0.1) is 13.2 Å². The Balaban J connectivity index is 2.37. The zero-order valence-corrected chi connectivity index (χ0v) is 12.3. The predicted molar refractivity (Wildman–Crippen MR) is 78.0 cm³/mol. The van der Waals surface area contributed by atoms with E-state index < -0.39 is 6.04 Å². The summed E-state index contributed by atoms with van der Waals surface area (Å²) in [6.07, 6.45) is 0. The van der Waals surface area contributed by atoms with Gasteiger partial charge in [0.25, 0.3) is 0 Å². The minimum Gasteiger partial charge on any atom is -0.377 e. The quantitative estimate of drug-likeness (QED) is 0.435. The van der Waals surface area contributed by atoms with Crippen molar-refractivity contribution in [2.24, 2.45) is 5.84 Å². The lowest BCUT2D eigenvalue weighted by Crippen LogP contribution is -2.54. The molecule has 1 fully saturated rings. The van der Waals surface area contributed by atoms with Gasteiger partial charge in [0, 0.05) is 27.7 Å². The molecule has 0 radical (unpaired) electrons. The molecule has 1 aromatic heterocycles. The van der Waals surface area contributed by atoms with E-state index in [1.807, 2.05) is 14.1 Å². The van der Waals surface area contributed by atoms with Gasteiger partial charge in [0.1, 0.15) is 6.04 Å². The van der Waals surface area contributed by atoms with Crippen LogP contribution in [0.15, 0.2) is 0 Å². The summed E-state index contributed by atoms with van der Waals surface area (Å²) in [6.45, 7) is 1.30. The summed E-state index contributed by atoms with van der Waals surface area (Å²) in [5.74, 6) is 6.33. The normalized spacial score (nSPS) is 18.3. The maximum atomic E-state index is 12.0. The predicted octanol–water partition coefficient (Wildman–Crippen LogP) is -1.83. The van der Waals surface area contributed by atoms with Crippen LogP contribution < -0.4 is 26.4 Å². The Morgan fingerprint density at radius 1 is 1.43 bits per heavy atom. The van der Waals surface area contributed by atoms with Gasteiger partial charge in [-0.1, -0.05) is 0 Å². The lowest BCUT2D eigenvalue weighted by molar-refractivity contribution is -0.124. The van der Waals surface area contributed by atoms with Crippen molar-refractivity contribution in [2.75, 3.05) is 56.1 Å². The first-order valence-corrected chi connectivity index (χ1v) is 6.52. The van der Waals surface area contributed by atoms with Crippen molar-refractivity contribution >= 4 is 23.8 Å². The number of nitrogens with one attached hydrogen (secondary N) is 2. The molecular formula is C11H20N8O2. The second kappa shape index (κ2) is 6.50. The van der Waals surface area contributed by atoms with Gasteiger partial charge >= 0.3 is 0 Å². The number of nitrogen functional groups attached to an aromatic ring is 1. The van der Waals surface area contributed by atoms with E-state index in [0.29, 0.717) is 25.0 Å². The molecule has 0 bridgehead atoms. The van der Waals surface area contributed by atoms with Crippen molar-refractivity contribution in [3.63, 3.8) is 0 Å². The summed E-state index contributed by atoms with van der Waals surface area (Å²) in [5, 5.41) is 2.62. The van der Waals surface area contributed by atoms with Crippen LogP contribution in [0.2, 0.25) is 0 Å². The first kappa shape index (κ1) is 15.2. The number of nitrogens with two attached hydrogens (primary N) is 1. The van der Waals surface area contributed by atoms with Crippen molar-refractivity contribution < 1.29 is 9.53 Å². The summed E-state index contributed by atoms with van der Waals surface area (Å²) in [6, 6.07) is -0.480. The monoisotopic (exact) mass is 296 g/mol. The number of rotatable bonds is 4. The van der Waals surface area contributed by atoms with E-state index in [1.165, 1.54) is 0 Å². The third kappa shape index (κ3) is 3.28. The summed E-state index contributed by atoms with van der Waals surface area (Å²) in [5.41, 5.74) is 2.41. The molecule has 1 saturated heterocycles. The van der Waals surface area contributed by atoms with Crippen LogP contribution >= 0.6 is 0 Å². The lowest BCUT2D eigenvalue weighted by Gasteiger charge is -2.34. The van der Waals surface area contributed by atoms with Crippen molar-refractivity contribution in [1.82, 2.24) is 20.3 Å². The first-order valence-electron chi connectivity index (χ1n) is 6.52. The van der Waals surface area contributed by atoms with Crippen LogP contribution in [0.1, 0.15) is 0 Å². The van der Waals surface area contributed by atoms with Gasteiger partial charge in [-0.25, -0.2) is 5.84 Å². The maximum absolute atomic E-state index is 12.0. The van der Waals surface area contributed by atoms with E-state index in [4.69, 9.17) is 10.6 Å². The summed E-state index contributed by atoms with van der Waals surface area (Å²) < 4.78 is 5.37. The second-order valence-corrected chi connectivity index (χ2v) is 4.70. The molecule has 2 rings (SSSR count). The third-order valence-corrected chi connectivity index (χ3v) is 3.08. The molecule has 0 saturated carbocycles. The number of carbonyl (C=O) groups excluding carboxylic acids is 1. The molecule has 1 aromatic rings. The van der Waals surface area contributed by atoms with Crippen LogP contribution in [0.5, 0.6) is 0 Å². The Morgan fingerprint density at radius 3 is 2.81 bits per heavy atom. The fourth-order valence-corrected chi connectivity index (χ4v) is 1.97. The van der Waals surface area contributed by atoms with E-state index in [-0.39, 0.29) is 18.5 Å². The van der Waals surface area contributed by atoms with Gasteiger partial charge in [0.2, 0.25) is 23.8 Å². The maximum Gasteiger partial charge on any atom is 0.244 e. The number of hydrazine groups is 1. The molecule has 1 amide bonds.